The van der Waals surface area contributed by atoms with E-state index in [4.69, 9.17) is 0 Å². The first-order valence-electron chi connectivity index (χ1n) is 40.9. The number of pyridine rings is 2. The van der Waals surface area contributed by atoms with Crippen LogP contribution in [0.5, 0.6) is 0 Å². The van der Waals surface area contributed by atoms with Crippen molar-refractivity contribution < 1.29 is 0 Å². The van der Waals surface area contributed by atoms with Gasteiger partial charge in [0, 0.05) is 35.2 Å². The molecule has 0 spiro atoms. The molecule has 0 saturated carbocycles. The van der Waals surface area contributed by atoms with Gasteiger partial charge in [0.25, 0.3) is 0 Å². The SMILES string of the molecule is CC.CC.CC.CC.CC.CC.CC.CC.CC.Cc1cc(C)ncn1.Cc1ccc(C)c2ccccc12.Cc1ccc(C)cc1.Cc1ccc(C)nc1.Cc1ccc(C)nc1.Cc1ccc2cc(C)ccc2c1.Cc1cccc(C)c1.Cc1cccc2c(C)cccc12.Cc1ccccc1C.Cc1nc(C)nc(C)n1. The lowest BCUT2D eigenvalue weighted by atomic mass is 10.0. The Balaban J connectivity index is -0.000000271. The molecule has 0 bridgehead atoms. The minimum absolute atomic E-state index is 0.792. The molecule has 0 aliphatic heterocycles. The van der Waals surface area contributed by atoms with Crippen LogP contribution >= 0.6 is 0 Å². The van der Waals surface area contributed by atoms with Gasteiger partial charge in [0.05, 0.1) is 0 Å². The summed E-state index contributed by atoms with van der Waals surface area (Å²) in [6.07, 6.45) is 5.31. The largest absolute Gasteiger partial charge is 0.261 e. The number of benzene rings is 9. The molecule has 0 N–H and O–H groups in total. The van der Waals surface area contributed by atoms with Crippen molar-refractivity contribution in [1.29, 1.82) is 0 Å². The van der Waals surface area contributed by atoms with Gasteiger partial charge in [-0.1, -0.05) is 352 Å². The third kappa shape index (κ3) is 54.4. The summed E-state index contributed by atoms with van der Waals surface area (Å²) in [5.74, 6) is 2.38. The zero-order valence-corrected chi connectivity index (χ0v) is 77.6. The molecule has 0 saturated heterocycles. The highest BCUT2D eigenvalue weighted by molar-refractivity contribution is 5.89. The van der Waals surface area contributed by atoms with Gasteiger partial charge in [-0.2, -0.15) is 0 Å². The molecule has 9 aromatic carbocycles. The molecule has 0 aliphatic carbocycles. The van der Waals surface area contributed by atoms with E-state index in [1.54, 1.807) is 6.33 Å². The maximum atomic E-state index is 4.08. The molecule has 4 aromatic heterocycles. The van der Waals surface area contributed by atoms with E-state index in [0.717, 1.165) is 40.2 Å². The van der Waals surface area contributed by atoms with Crippen molar-refractivity contribution in [2.45, 2.75) is 270 Å². The molecular weight excluding hydrogens is 1350 g/mol. The summed E-state index contributed by atoms with van der Waals surface area (Å²) in [6, 6.07) is 74.3. The van der Waals surface area contributed by atoms with Gasteiger partial charge in [-0.3, -0.25) is 9.97 Å². The van der Waals surface area contributed by atoms with Gasteiger partial charge in [0.2, 0.25) is 0 Å². The van der Waals surface area contributed by atoms with Crippen molar-refractivity contribution in [3.63, 3.8) is 0 Å². The number of hydrogen-bond donors (Lipinski definition) is 0. The van der Waals surface area contributed by atoms with E-state index < -0.39 is 0 Å². The number of nitrogens with zero attached hydrogens (tertiary/aromatic N) is 7. The van der Waals surface area contributed by atoms with Crippen LogP contribution in [0.1, 0.15) is 243 Å². The number of aryl methyl sites for hydroxylation is 21. The average Bonchev–Trinajstić information content (AvgIpc) is 0.832. The first kappa shape index (κ1) is 112. The third-order valence-electron chi connectivity index (χ3n) is 14.7. The zero-order chi connectivity index (χ0) is 86.4. The highest BCUT2D eigenvalue weighted by Crippen LogP contribution is 2.23. The van der Waals surface area contributed by atoms with Crippen molar-refractivity contribution in [2.75, 3.05) is 0 Å². The Morgan fingerprint density at radius 2 is 0.414 bits per heavy atom. The molecule has 111 heavy (non-hydrogen) atoms. The molecule has 13 rings (SSSR count). The molecule has 0 radical (unpaired) electrons. The minimum atomic E-state index is 0.792. The fraction of sp³-hybridized carbons (Fsp3) is 0.375. The predicted molar refractivity (Wildman–Crippen MR) is 503 cm³/mol. The van der Waals surface area contributed by atoms with Gasteiger partial charge in [-0.05, 0) is 240 Å². The summed E-state index contributed by atoms with van der Waals surface area (Å²) in [5, 5.41) is 8.16. The first-order chi connectivity index (χ1) is 53.3. The Morgan fingerprint density at radius 1 is 0.171 bits per heavy atom. The lowest BCUT2D eigenvalue weighted by Crippen LogP contribution is -1.97. The van der Waals surface area contributed by atoms with Crippen LogP contribution in [-0.4, -0.2) is 34.9 Å². The van der Waals surface area contributed by atoms with E-state index in [1.165, 1.54) is 110 Å². The standard InChI is InChI=1S/3C12H12.3C8H10.2C7H9N.C6H9N3.C6H8N2.9C2H6/c1-9-3-5-12-8-10(2)4-6-11(12)7-9;1-9-5-3-8-12-10(2)6-4-7-11(9)12;1-9-7-8-10(2)12-6-4-3-5-11(9)12;1-7-3-5-8(2)6-4-7;1-7-4-3-5-8(2)6-7;1-7-5-3-4-6-8(7)2;2*1-6-3-4-7(2)8-5-6;1-4-7-5(2)9-6(3)8-4;1-5-3-6(2)8-4-7-5;9*1-2/h3*3-8H,1-2H3;3*3-6H,1-2H3;2*3-5H,1-2H3;1-3H3;3-4H,1-2H3;9*1-2H3. The Kier molecular flexibility index (Phi) is 73.7. The van der Waals surface area contributed by atoms with Gasteiger partial charge in [0.1, 0.15) is 23.8 Å². The second-order valence-corrected chi connectivity index (χ2v) is 24.0. The highest BCUT2D eigenvalue weighted by atomic mass is 15.0. The van der Waals surface area contributed by atoms with Gasteiger partial charge in [-0.25, -0.2) is 24.9 Å². The van der Waals surface area contributed by atoms with Crippen LogP contribution in [0, 0.1) is 145 Å². The second kappa shape index (κ2) is 73.0. The average molecular weight is 1500 g/mol. The van der Waals surface area contributed by atoms with Gasteiger partial charge in [0.15, 0.2) is 0 Å². The smallest absolute Gasteiger partial charge is 0.129 e. The summed E-state index contributed by atoms with van der Waals surface area (Å²) < 4.78 is 0. The van der Waals surface area contributed by atoms with E-state index in [9.17, 15) is 0 Å². The van der Waals surface area contributed by atoms with E-state index in [0.29, 0.717) is 0 Å². The topological polar surface area (TPSA) is 90.2 Å². The van der Waals surface area contributed by atoms with Crippen LogP contribution in [0.25, 0.3) is 32.3 Å². The molecule has 606 valence electrons. The van der Waals surface area contributed by atoms with Gasteiger partial charge >= 0.3 is 0 Å². The lowest BCUT2D eigenvalue weighted by Gasteiger charge is -2.03. The zero-order valence-electron chi connectivity index (χ0n) is 77.6. The van der Waals surface area contributed by atoms with Crippen molar-refractivity contribution in [1.82, 2.24) is 34.9 Å². The summed E-state index contributed by atoms with van der Waals surface area (Å²) in [7, 11) is 0. The van der Waals surface area contributed by atoms with E-state index in [-0.39, 0.29) is 0 Å². The lowest BCUT2D eigenvalue weighted by molar-refractivity contribution is 0.875. The van der Waals surface area contributed by atoms with E-state index in [2.05, 4.69) is 312 Å². The van der Waals surface area contributed by atoms with Crippen LogP contribution < -0.4 is 0 Å². The van der Waals surface area contributed by atoms with Gasteiger partial charge < -0.3 is 0 Å². The summed E-state index contributed by atoms with van der Waals surface area (Å²) in [4.78, 5) is 28.1. The molecule has 13 aromatic rings. The summed E-state index contributed by atoms with van der Waals surface area (Å²) in [5.41, 5.74) is 22.8. The monoisotopic (exact) mass is 1500 g/mol. The molecule has 0 aliphatic rings. The van der Waals surface area contributed by atoms with Crippen molar-refractivity contribution in [3.05, 3.63) is 349 Å². The quantitative estimate of drug-likeness (QED) is 0.149. The minimum Gasteiger partial charge on any atom is -0.261 e. The molecule has 0 fully saturated rings. The Labute approximate surface area is 682 Å². The van der Waals surface area contributed by atoms with E-state index in [1.807, 2.05) is 218 Å². The van der Waals surface area contributed by atoms with Crippen molar-refractivity contribution >= 4 is 32.3 Å². The van der Waals surface area contributed by atoms with E-state index >= 15 is 0 Å². The fourth-order valence-corrected chi connectivity index (χ4v) is 9.26. The molecule has 7 heteroatoms. The van der Waals surface area contributed by atoms with Crippen LogP contribution in [0.3, 0.4) is 0 Å². The Morgan fingerprint density at radius 3 is 0.658 bits per heavy atom. The number of fused-ring (bicyclic) bond motifs is 3. The van der Waals surface area contributed by atoms with Gasteiger partial charge in [-0.15, -0.1) is 0 Å². The fourth-order valence-electron chi connectivity index (χ4n) is 9.26. The molecule has 4 heterocycles. The van der Waals surface area contributed by atoms with Crippen LogP contribution in [0.4, 0.5) is 0 Å². The normalized spacial score (nSPS) is 8.68. The van der Waals surface area contributed by atoms with Crippen molar-refractivity contribution in [3.8, 4) is 0 Å². The molecule has 0 unspecified atom stereocenters. The molecule has 0 atom stereocenters. The second-order valence-electron chi connectivity index (χ2n) is 24.0. The predicted octanol–water partition coefficient (Wildman–Crippen LogP) is 31.8. The summed E-state index contributed by atoms with van der Waals surface area (Å²) in [6.45, 7) is 79.0. The maximum absolute atomic E-state index is 4.08. The maximum Gasteiger partial charge on any atom is 0.129 e. The Bertz CT molecular complexity index is 3850. The molecule has 7 nitrogen and oxygen atoms in total. The highest BCUT2D eigenvalue weighted by Gasteiger charge is 2.00. The number of rotatable bonds is 0. The van der Waals surface area contributed by atoms with Crippen LogP contribution in [0.15, 0.2) is 231 Å². The van der Waals surface area contributed by atoms with Crippen LogP contribution in [0.2, 0.25) is 0 Å². The Hall–Kier alpha value is -9.85. The molecule has 0 amide bonds. The van der Waals surface area contributed by atoms with Crippen molar-refractivity contribution in [2.24, 2.45) is 0 Å². The summed E-state index contributed by atoms with van der Waals surface area (Å²) >= 11 is 0. The molecular formula is C104H155N7. The third-order valence-corrected chi connectivity index (χ3v) is 14.7. The number of aromatic nitrogens is 7. The number of hydrogen-bond acceptors (Lipinski definition) is 7. The first-order valence-corrected chi connectivity index (χ1v) is 40.9. The van der Waals surface area contributed by atoms with Crippen LogP contribution in [-0.2, 0) is 0 Å².